The fourth-order valence-electron chi connectivity index (χ4n) is 2.52. The molecule has 0 N–H and O–H groups in total. The molecule has 2 rings (SSSR count). The maximum Gasteiger partial charge on any atom is 0.240 e. The average molecular weight is 346 g/mol. The van der Waals surface area contributed by atoms with Gasteiger partial charge in [0.2, 0.25) is 5.91 Å². The topological polar surface area (TPSA) is 38.1 Å². The van der Waals surface area contributed by atoms with Crippen molar-refractivity contribution in [2.75, 3.05) is 14.1 Å². The smallest absolute Gasteiger partial charge is 0.240 e. The molecule has 2 aromatic rings. The Morgan fingerprint density at radius 1 is 1.25 bits per heavy atom. The highest BCUT2D eigenvalue weighted by atomic mass is 32.2. The van der Waals surface area contributed by atoms with Gasteiger partial charge < -0.3 is 9.47 Å². The number of hydrogen-bond acceptors (Lipinski definition) is 3. The van der Waals surface area contributed by atoms with Crippen molar-refractivity contribution < 1.29 is 4.79 Å². The van der Waals surface area contributed by atoms with Crippen molar-refractivity contribution in [1.29, 1.82) is 0 Å². The molecule has 1 heterocycles. The number of amides is 1. The van der Waals surface area contributed by atoms with Crippen molar-refractivity contribution >= 4 is 17.7 Å². The fraction of sp³-hybridized carbons (Fsp3) is 0.474. The Bertz CT molecular complexity index is 679. The number of aryl methyl sites for hydroxylation is 1. The molecule has 0 bridgehead atoms. The average Bonchev–Trinajstić information content (AvgIpc) is 2.84. The molecule has 1 unspecified atom stereocenters. The summed E-state index contributed by atoms with van der Waals surface area (Å²) in [6, 6.07) is 9.95. The van der Waals surface area contributed by atoms with Crippen molar-refractivity contribution in [1.82, 2.24) is 14.5 Å². The maximum atomic E-state index is 12.7. The van der Waals surface area contributed by atoms with E-state index in [0.717, 1.165) is 35.8 Å². The summed E-state index contributed by atoms with van der Waals surface area (Å²) in [5.41, 5.74) is 3.24. The van der Waals surface area contributed by atoms with E-state index in [1.807, 2.05) is 37.3 Å². The third-order valence-corrected chi connectivity index (χ3v) is 5.38. The lowest BCUT2D eigenvalue weighted by Crippen LogP contribution is -2.27. The van der Waals surface area contributed by atoms with Gasteiger partial charge in [-0.1, -0.05) is 55.4 Å². The quantitative estimate of drug-likeness (QED) is 0.705. The summed E-state index contributed by atoms with van der Waals surface area (Å²) in [6.07, 6.45) is 2.25. The zero-order chi connectivity index (χ0) is 17.7. The fourth-order valence-corrected chi connectivity index (χ4v) is 3.88. The second-order valence-electron chi connectivity index (χ2n) is 6.21. The highest BCUT2D eigenvalue weighted by Crippen LogP contribution is 2.36. The van der Waals surface area contributed by atoms with Crippen molar-refractivity contribution in [3.63, 3.8) is 0 Å². The molecule has 0 aliphatic heterocycles. The van der Waals surface area contributed by atoms with E-state index in [-0.39, 0.29) is 11.2 Å². The summed E-state index contributed by atoms with van der Waals surface area (Å²) in [4.78, 5) is 19.1. The normalized spacial score (nSPS) is 12.2. The number of rotatable bonds is 7. The van der Waals surface area contributed by atoms with Crippen molar-refractivity contribution in [2.24, 2.45) is 0 Å². The highest BCUT2D eigenvalue weighted by molar-refractivity contribution is 8.00. The van der Waals surface area contributed by atoms with Crippen LogP contribution in [0.15, 0.2) is 35.5 Å². The van der Waals surface area contributed by atoms with E-state index in [9.17, 15) is 4.79 Å². The zero-order valence-electron chi connectivity index (χ0n) is 15.2. The van der Waals surface area contributed by atoms with Crippen LogP contribution in [0, 0.1) is 13.8 Å². The Morgan fingerprint density at radius 3 is 2.50 bits per heavy atom. The van der Waals surface area contributed by atoms with Crippen LogP contribution in [0.1, 0.15) is 42.0 Å². The molecular formula is C19H27N3OS. The predicted molar refractivity (Wildman–Crippen MR) is 100 cm³/mol. The van der Waals surface area contributed by atoms with Crippen LogP contribution < -0.4 is 0 Å². The number of hydrogen-bond donors (Lipinski definition) is 0. The van der Waals surface area contributed by atoms with Gasteiger partial charge in [-0.25, -0.2) is 4.98 Å². The second kappa shape index (κ2) is 8.38. The van der Waals surface area contributed by atoms with Gasteiger partial charge in [-0.3, -0.25) is 4.79 Å². The molecule has 4 nitrogen and oxygen atoms in total. The summed E-state index contributed by atoms with van der Waals surface area (Å²) in [5, 5.41) is 0.658. The first-order chi connectivity index (χ1) is 11.5. The Morgan fingerprint density at radius 2 is 1.92 bits per heavy atom. The lowest BCUT2D eigenvalue weighted by Gasteiger charge is -2.21. The number of unbranched alkanes of at least 4 members (excludes halogenated alkanes) is 1. The van der Waals surface area contributed by atoms with Gasteiger partial charge in [0.15, 0.2) is 5.16 Å². The van der Waals surface area contributed by atoms with E-state index in [1.165, 1.54) is 5.69 Å². The first kappa shape index (κ1) is 18.6. The third-order valence-electron chi connectivity index (χ3n) is 4.15. The molecule has 0 spiro atoms. The van der Waals surface area contributed by atoms with E-state index >= 15 is 0 Å². The van der Waals surface area contributed by atoms with Crippen molar-refractivity contribution in [3.05, 3.63) is 47.3 Å². The summed E-state index contributed by atoms with van der Waals surface area (Å²) in [5.74, 6) is 0.0894. The first-order valence-electron chi connectivity index (χ1n) is 8.42. The van der Waals surface area contributed by atoms with Crippen LogP contribution in [0.2, 0.25) is 0 Å². The van der Waals surface area contributed by atoms with E-state index < -0.39 is 0 Å². The molecule has 1 aromatic heterocycles. The van der Waals surface area contributed by atoms with E-state index in [2.05, 4.69) is 18.4 Å². The monoisotopic (exact) mass is 345 g/mol. The molecule has 1 aromatic carbocycles. The predicted octanol–water partition coefficient (Wildman–Crippen LogP) is 4.22. The largest absolute Gasteiger partial charge is 0.348 e. The van der Waals surface area contributed by atoms with Crippen LogP contribution in [-0.2, 0) is 11.3 Å². The molecule has 0 aliphatic rings. The molecular weight excluding hydrogens is 318 g/mol. The molecule has 5 heteroatoms. The Hall–Kier alpha value is -1.75. The summed E-state index contributed by atoms with van der Waals surface area (Å²) in [6.45, 7) is 7.28. The second-order valence-corrected chi connectivity index (χ2v) is 7.28. The van der Waals surface area contributed by atoms with Gasteiger partial charge in [0, 0.05) is 26.3 Å². The standard InChI is InChI=1S/C19H27N3OS/c1-6-7-13-22-15(3)14(2)20-19(22)24-17(18(23)21(4)5)16-11-9-8-10-12-16/h8-12,17H,6-7,13H2,1-5H3. The summed E-state index contributed by atoms with van der Waals surface area (Å²) >= 11 is 1.55. The Kier molecular flexibility index (Phi) is 6.49. The van der Waals surface area contributed by atoms with Crippen LogP contribution in [0.4, 0.5) is 0 Å². The van der Waals surface area contributed by atoms with Crippen LogP contribution >= 0.6 is 11.8 Å². The van der Waals surface area contributed by atoms with Gasteiger partial charge >= 0.3 is 0 Å². The molecule has 0 radical (unpaired) electrons. The zero-order valence-corrected chi connectivity index (χ0v) is 16.1. The molecule has 1 atom stereocenters. The molecule has 0 aliphatic carbocycles. The SMILES string of the molecule is CCCCn1c(SC(C(=O)N(C)C)c2ccccc2)nc(C)c1C. The van der Waals surface area contributed by atoms with Gasteiger partial charge in [0.05, 0.1) is 5.69 Å². The minimum atomic E-state index is -0.275. The molecule has 0 fully saturated rings. The lowest BCUT2D eigenvalue weighted by atomic mass is 10.1. The Balaban J connectivity index is 2.36. The molecule has 1 amide bonds. The number of aromatic nitrogens is 2. The number of nitrogens with zero attached hydrogens (tertiary/aromatic N) is 3. The van der Waals surface area contributed by atoms with E-state index in [1.54, 1.807) is 30.8 Å². The van der Waals surface area contributed by atoms with Crippen LogP contribution in [0.5, 0.6) is 0 Å². The van der Waals surface area contributed by atoms with Gasteiger partial charge in [0.1, 0.15) is 5.25 Å². The number of carbonyl (C=O) groups is 1. The number of imidazole rings is 1. The van der Waals surface area contributed by atoms with Gasteiger partial charge in [0.25, 0.3) is 0 Å². The molecule has 130 valence electrons. The molecule has 0 saturated carbocycles. The van der Waals surface area contributed by atoms with Crippen molar-refractivity contribution in [2.45, 2.75) is 50.6 Å². The molecule has 24 heavy (non-hydrogen) atoms. The number of likely N-dealkylation sites (N-methyl/N-ethyl adjacent to an activating group) is 1. The summed E-state index contributed by atoms with van der Waals surface area (Å²) in [7, 11) is 3.61. The van der Waals surface area contributed by atoms with Gasteiger partial charge in [-0.05, 0) is 25.8 Å². The summed E-state index contributed by atoms with van der Waals surface area (Å²) < 4.78 is 2.25. The number of thioether (sulfide) groups is 1. The number of carbonyl (C=O) groups excluding carboxylic acids is 1. The Labute approximate surface area is 149 Å². The first-order valence-corrected chi connectivity index (χ1v) is 9.30. The minimum absolute atomic E-state index is 0.0894. The number of benzene rings is 1. The van der Waals surface area contributed by atoms with E-state index in [0.29, 0.717) is 0 Å². The molecule has 0 saturated heterocycles. The van der Waals surface area contributed by atoms with Crippen molar-refractivity contribution in [3.8, 4) is 0 Å². The van der Waals surface area contributed by atoms with E-state index in [4.69, 9.17) is 4.98 Å². The maximum absolute atomic E-state index is 12.7. The van der Waals surface area contributed by atoms with Crippen LogP contribution in [0.25, 0.3) is 0 Å². The van der Waals surface area contributed by atoms with Gasteiger partial charge in [-0.15, -0.1) is 0 Å². The van der Waals surface area contributed by atoms with Crippen LogP contribution in [0.3, 0.4) is 0 Å². The van der Waals surface area contributed by atoms with Crippen LogP contribution in [-0.4, -0.2) is 34.5 Å². The minimum Gasteiger partial charge on any atom is -0.348 e. The lowest BCUT2D eigenvalue weighted by molar-refractivity contribution is -0.128. The highest BCUT2D eigenvalue weighted by Gasteiger charge is 2.26. The third kappa shape index (κ3) is 4.20. The van der Waals surface area contributed by atoms with Gasteiger partial charge in [-0.2, -0.15) is 0 Å².